The highest BCUT2D eigenvalue weighted by Gasteiger charge is 2.48. The van der Waals surface area contributed by atoms with Gasteiger partial charge in [-0.25, -0.2) is 14.8 Å². The van der Waals surface area contributed by atoms with Gasteiger partial charge in [-0.05, 0) is 74.6 Å². The summed E-state index contributed by atoms with van der Waals surface area (Å²) in [4.78, 5) is 26.1. The van der Waals surface area contributed by atoms with Crippen LogP contribution >= 0.6 is 0 Å². The summed E-state index contributed by atoms with van der Waals surface area (Å²) in [6.45, 7) is 6.45. The van der Waals surface area contributed by atoms with E-state index in [1.165, 1.54) is 16.7 Å². The topological polar surface area (TPSA) is 120 Å². The molecule has 38 heavy (non-hydrogen) atoms. The van der Waals surface area contributed by atoms with Crippen molar-refractivity contribution >= 4 is 17.8 Å². The summed E-state index contributed by atoms with van der Waals surface area (Å²) in [5.74, 6) is 0.169. The molecule has 1 unspecified atom stereocenters. The first-order chi connectivity index (χ1) is 18.2. The normalized spacial score (nSPS) is 20.7. The number of hydrogen-bond donors (Lipinski definition) is 2. The first kappa shape index (κ1) is 27.8. The van der Waals surface area contributed by atoms with Crippen LogP contribution in [0.25, 0.3) is 0 Å². The van der Waals surface area contributed by atoms with E-state index in [4.69, 9.17) is 15.2 Å². The molecule has 1 atom stereocenters. The van der Waals surface area contributed by atoms with Crippen molar-refractivity contribution in [1.82, 2.24) is 9.97 Å². The SMILES string of the molecule is CCc1cc(CCC2(C3CCCC3)CC(O)=C(CC(N)=Nc3nc(C)cc(C)n3)C(=O)O2)ccc1COC. The maximum Gasteiger partial charge on any atom is 0.338 e. The zero-order valence-electron chi connectivity index (χ0n) is 23.0. The Hall–Kier alpha value is -3.26. The number of aromatic nitrogens is 2. The van der Waals surface area contributed by atoms with E-state index >= 15 is 0 Å². The van der Waals surface area contributed by atoms with E-state index in [2.05, 4.69) is 40.1 Å². The molecule has 1 aliphatic heterocycles. The summed E-state index contributed by atoms with van der Waals surface area (Å²) < 4.78 is 11.6. The summed E-state index contributed by atoms with van der Waals surface area (Å²) in [6, 6.07) is 8.34. The highest BCUT2D eigenvalue weighted by Crippen LogP contribution is 2.46. The third kappa shape index (κ3) is 6.41. The number of benzene rings is 1. The number of ether oxygens (including phenoxy) is 2. The van der Waals surface area contributed by atoms with Gasteiger partial charge >= 0.3 is 5.97 Å². The number of hydrogen-bond acceptors (Lipinski definition) is 7. The molecule has 2 aromatic rings. The largest absolute Gasteiger partial charge is 0.512 e. The van der Waals surface area contributed by atoms with Crippen molar-refractivity contribution in [3.05, 3.63) is 63.7 Å². The Bertz CT molecular complexity index is 1210. The van der Waals surface area contributed by atoms with E-state index in [0.717, 1.165) is 49.9 Å². The smallest absolute Gasteiger partial charge is 0.338 e. The molecule has 1 aromatic carbocycles. The molecule has 0 spiro atoms. The maximum absolute atomic E-state index is 13.3. The maximum atomic E-state index is 13.3. The van der Waals surface area contributed by atoms with Crippen molar-refractivity contribution in [1.29, 1.82) is 0 Å². The van der Waals surface area contributed by atoms with Crippen LogP contribution in [0.4, 0.5) is 5.95 Å². The molecule has 1 aliphatic carbocycles. The molecule has 8 nitrogen and oxygen atoms in total. The van der Waals surface area contributed by atoms with Crippen LogP contribution in [-0.2, 0) is 33.7 Å². The molecular formula is C30H40N4O4. The second-order valence-electron chi connectivity index (χ2n) is 10.7. The van der Waals surface area contributed by atoms with Gasteiger partial charge in [0.2, 0.25) is 0 Å². The molecule has 1 aromatic heterocycles. The Morgan fingerprint density at radius 2 is 1.89 bits per heavy atom. The molecule has 204 valence electrons. The van der Waals surface area contributed by atoms with E-state index in [1.807, 2.05) is 19.9 Å². The number of nitrogens with zero attached hydrogens (tertiary/aromatic N) is 3. The van der Waals surface area contributed by atoms with Crippen LogP contribution in [0.3, 0.4) is 0 Å². The van der Waals surface area contributed by atoms with Gasteiger partial charge in [0.25, 0.3) is 5.95 Å². The van der Waals surface area contributed by atoms with Crippen LogP contribution < -0.4 is 5.73 Å². The minimum atomic E-state index is -0.721. The van der Waals surface area contributed by atoms with E-state index in [0.29, 0.717) is 19.4 Å². The fourth-order valence-corrected chi connectivity index (χ4v) is 5.91. The number of aryl methyl sites for hydroxylation is 4. The lowest BCUT2D eigenvalue weighted by Gasteiger charge is -2.42. The molecule has 4 rings (SSSR count). The summed E-state index contributed by atoms with van der Waals surface area (Å²) in [5, 5.41) is 11.1. The summed E-state index contributed by atoms with van der Waals surface area (Å²) in [5.41, 5.74) is 10.8. The average Bonchev–Trinajstić information content (AvgIpc) is 3.41. The first-order valence-electron chi connectivity index (χ1n) is 13.6. The Balaban J connectivity index is 1.55. The summed E-state index contributed by atoms with van der Waals surface area (Å²) >= 11 is 0. The summed E-state index contributed by atoms with van der Waals surface area (Å²) in [6.07, 6.45) is 6.86. The molecule has 0 saturated heterocycles. The molecule has 1 fully saturated rings. The number of methoxy groups -OCH3 is 1. The van der Waals surface area contributed by atoms with Crippen molar-refractivity contribution in [3.63, 3.8) is 0 Å². The van der Waals surface area contributed by atoms with Crippen LogP contribution in [0, 0.1) is 19.8 Å². The average molecular weight is 521 g/mol. The van der Waals surface area contributed by atoms with Crippen molar-refractivity contribution in [2.45, 2.75) is 90.8 Å². The fourth-order valence-electron chi connectivity index (χ4n) is 5.91. The van der Waals surface area contributed by atoms with E-state index in [-0.39, 0.29) is 35.5 Å². The zero-order valence-corrected chi connectivity index (χ0v) is 23.0. The fraction of sp³-hybridized carbons (Fsp3) is 0.533. The minimum absolute atomic E-state index is 0.0113. The second kappa shape index (κ2) is 12.1. The predicted octanol–water partition coefficient (Wildman–Crippen LogP) is 5.50. The van der Waals surface area contributed by atoms with Gasteiger partial charge in [0.05, 0.1) is 12.2 Å². The van der Waals surface area contributed by atoms with E-state index in [1.54, 1.807) is 7.11 Å². The van der Waals surface area contributed by atoms with Gasteiger partial charge in [-0.2, -0.15) is 4.99 Å². The van der Waals surface area contributed by atoms with Crippen LogP contribution in [0.5, 0.6) is 0 Å². The molecule has 1 saturated carbocycles. The Morgan fingerprint density at radius 3 is 2.53 bits per heavy atom. The van der Waals surface area contributed by atoms with Crippen LogP contribution in [0.2, 0.25) is 0 Å². The van der Waals surface area contributed by atoms with Crippen molar-refractivity contribution < 1.29 is 19.4 Å². The molecule has 3 N–H and O–H groups in total. The number of aliphatic hydroxyl groups excluding tert-OH is 1. The van der Waals surface area contributed by atoms with Crippen LogP contribution in [0.15, 0.2) is 40.6 Å². The third-order valence-corrected chi connectivity index (χ3v) is 7.82. The number of carbonyl (C=O) groups excluding carboxylic acids is 1. The number of aliphatic hydroxyl groups is 1. The molecular weight excluding hydrogens is 480 g/mol. The third-order valence-electron chi connectivity index (χ3n) is 7.82. The van der Waals surface area contributed by atoms with E-state index in [9.17, 15) is 9.90 Å². The number of rotatable bonds is 10. The molecule has 2 aliphatic rings. The highest BCUT2D eigenvalue weighted by atomic mass is 16.6. The van der Waals surface area contributed by atoms with Crippen LogP contribution in [-0.4, -0.2) is 39.6 Å². The first-order valence-corrected chi connectivity index (χ1v) is 13.6. The second-order valence-corrected chi connectivity index (χ2v) is 10.7. The Labute approximate surface area is 225 Å². The summed E-state index contributed by atoms with van der Waals surface area (Å²) in [7, 11) is 1.71. The number of nitrogens with two attached hydrogens (primary N) is 1. The number of aliphatic imine (C=N–C) groups is 1. The highest BCUT2D eigenvalue weighted by molar-refractivity contribution is 5.98. The predicted molar refractivity (Wildman–Crippen MR) is 147 cm³/mol. The van der Waals surface area contributed by atoms with Crippen LogP contribution in [0.1, 0.15) is 79.9 Å². The van der Waals surface area contributed by atoms with Gasteiger partial charge in [-0.15, -0.1) is 0 Å². The lowest BCUT2D eigenvalue weighted by atomic mass is 9.76. The Morgan fingerprint density at radius 1 is 1.18 bits per heavy atom. The zero-order chi connectivity index (χ0) is 27.3. The number of cyclic esters (lactones) is 1. The molecule has 0 radical (unpaired) electrons. The molecule has 0 bridgehead atoms. The molecule has 0 amide bonds. The van der Waals surface area contributed by atoms with Gasteiger partial charge < -0.3 is 20.3 Å². The number of esters is 1. The van der Waals surface area contributed by atoms with Gasteiger partial charge in [-0.3, -0.25) is 0 Å². The quantitative estimate of drug-likeness (QED) is 0.241. The lowest BCUT2D eigenvalue weighted by Crippen LogP contribution is -2.46. The lowest BCUT2D eigenvalue weighted by molar-refractivity contribution is -0.167. The van der Waals surface area contributed by atoms with Crippen molar-refractivity contribution in [3.8, 4) is 0 Å². The van der Waals surface area contributed by atoms with Gasteiger partial charge in [-0.1, -0.05) is 38.0 Å². The molecule has 2 heterocycles. The number of carbonyl (C=O) groups is 1. The Kier molecular flexibility index (Phi) is 8.82. The monoisotopic (exact) mass is 520 g/mol. The van der Waals surface area contributed by atoms with Gasteiger partial charge in [0.15, 0.2) is 0 Å². The minimum Gasteiger partial charge on any atom is -0.512 e. The molecule has 8 heteroatoms. The standard InChI is InChI=1S/C30H40N4O4/c1-5-22-15-21(10-11-23(22)18-37-4)12-13-30(24-8-6-7-9-24)17-26(35)25(28(36)38-30)16-27(31)34-29-32-19(2)14-20(3)33-29/h10-11,14-15,24,35H,5-9,12-13,16-18H2,1-4H3,(H2,31,32,33,34). The van der Waals surface area contributed by atoms with Gasteiger partial charge in [0, 0.05) is 31.3 Å². The van der Waals surface area contributed by atoms with E-state index < -0.39 is 11.6 Å². The number of amidine groups is 1. The van der Waals surface area contributed by atoms with Gasteiger partial charge in [0.1, 0.15) is 17.2 Å². The van der Waals surface area contributed by atoms with Crippen molar-refractivity contribution in [2.75, 3.05) is 7.11 Å². The van der Waals surface area contributed by atoms with Crippen molar-refractivity contribution in [2.24, 2.45) is 16.6 Å².